The highest BCUT2D eigenvalue weighted by atomic mass is 19.1. The molecular weight excluding hydrogens is 253 g/mol. The highest BCUT2D eigenvalue weighted by molar-refractivity contribution is 5.85. The van der Waals surface area contributed by atoms with E-state index in [1.807, 2.05) is 30.3 Å². The lowest BCUT2D eigenvalue weighted by Gasteiger charge is -2.19. The van der Waals surface area contributed by atoms with Gasteiger partial charge in [-0.15, -0.1) is 0 Å². The molecule has 3 rings (SSSR count). The molecule has 1 heterocycles. The maximum Gasteiger partial charge on any atom is 0.123 e. The summed E-state index contributed by atoms with van der Waals surface area (Å²) in [7, 11) is 0. The highest BCUT2D eigenvalue weighted by Gasteiger charge is 2.15. The van der Waals surface area contributed by atoms with Crippen molar-refractivity contribution in [1.82, 2.24) is 10.4 Å². The summed E-state index contributed by atoms with van der Waals surface area (Å²) >= 11 is 0. The maximum atomic E-state index is 13.4. The molecule has 100 valence electrons. The van der Waals surface area contributed by atoms with Gasteiger partial charge in [-0.25, -0.2) is 9.82 Å². The minimum Gasteiger partial charge on any atom is -0.271 e. The molecular formula is C16H14FN3. The van der Waals surface area contributed by atoms with Crippen LogP contribution in [0.5, 0.6) is 0 Å². The molecule has 4 heteroatoms. The SMILES string of the molecule is NNC(c1cccc(F)c1)c1cccc2cnccc12. The quantitative estimate of drug-likeness (QED) is 0.566. The molecule has 20 heavy (non-hydrogen) atoms. The number of rotatable bonds is 3. The second kappa shape index (κ2) is 5.36. The molecule has 0 radical (unpaired) electrons. The first kappa shape index (κ1) is 12.7. The lowest BCUT2D eigenvalue weighted by molar-refractivity contribution is 0.607. The Bertz CT molecular complexity index is 737. The molecule has 0 spiro atoms. The fraction of sp³-hybridized carbons (Fsp3) is 0.0625. The second-order valence-electron chi connectivity index (χ2n) is 4.60. The van der Waals surface area contributed by atoms with E-state index >= 15 is 0 Å². The van der Waals surface area contributed by atoms with Crippen molar-refractivity contribution in [3.05, 3.63) is 77.9 Å². The molecule has 0 saturated carbocycles. The van der Waals surface area contributed by atoms with Crippen LogP contribution in [0, 0.1) is 5.82 Å². The zero-order chi connectivity index (χ0) is 13.9. The van der Waals surface area contributed by atoms with Gasteiger partial charge in [0.25, 0.3) is 0 Å². The van der Waals surface area contributed by atoms with Crippen LogP contribution in [-0.4, -0.2) is 4.98 Å². The zero-order valence-corrected chi connectivity index (χ0v) is 10.8. The summed E-state index contributed by atoms with van der Waals surface area (Å²) < 4.78 is 13.4. The number of hydrazine groups is 1. The number of halogens is 1. The number of pyridine rings is 1. The van der Waals surface area contributed by atoms with E-state index in [2.05, 4.69) is 10.4 Å². The highest BCUT2D eigenvalue weighted by Crippen LogP contribution is 2.28. The van der Waals surface area contributed by atoms with Crippen LogP contribution in [0.4, 0.5) is 4.39 Å². The van der Waals surface area contributed by atoms with Crippen molar-refractivity contribution in [3.8, 4) is 0 Å². The van der Waals surface area contributed by atoms with Crippen molar-refractivity contribution in [2.24, 2.45) is 5.84 Å². The molecule has 0 amide bonds. The van der Waals surface area contributed by atoms with Gasteiger partial charge in [-0.1, -0.05) is 30.3 Å². The summed E-state index contributed by atoms with van der Waals surface area (Å²) in [5, 5.41) is 2.08. The normalized spacial score (nSPS) is 12.5. The number of aromatic nitrogens is 1. The van der Waals surface area contributed by atoms with E-state index < -0.39 is 0 Å². The van der Waals surface area contributed by atoms with Crippen molar-refractivity contribution in [2.75, 3.05) is 0 Å². The van der Waals surface area contributed by atoms with Gasteiger partial charge in [0.15, 0.2) is 0 Å². The van der Waals surface area contributed by atoms with Crippen LogP contribution in [-0.2, 0) is 0 Å². The number of hydrogen-bond acceptors (Lipinski definition) is 3. The van der Waals surface area contributed by atoms with Gasteiger partial charge in [-0.3, -0.25) is 10.8 Å². The average Bonchev–Trinajstić information content (AvgIpc) is 2.48. The monoisotopic (exact) mass is 267 g/mol. The lowest BCUT2D eigenvalue weighted by Crippen LogP contribution is -2.29. The summed E-state index contributed by atoms with van der Waals surface area (Å²) in [6.07, 6.45) is 3.54. The van der Waals surface area contributed by atoms with Gasteiger partial charge < -0.3 is 0 Å². The van der Waals surface area contributed by atoms with Crippen LogP contribution in [0.25, 0.3) is 10.8 Å². The predicted molar refractivity (Wildman–Crippen MR) is 77.3 cm³/mol. The first-order valence-electron chi connectivity index (χ1n) is 6.34. The van der Waals surface area contributed by atoms with E-state index in [0.717, 1.165) is 21.9 Å². The molecule has 3 N–H and O–H groups in total. The summed E-state index contributed by atoms with van der Waals surface area (Å²) in [6, 6.07) is 14.0. The van der Waals surface area contributed by atoms with Crippen molar-refractivity contribution in [3.63, 3.8) is 0 Å². The smallest absolute Gasteiger partial charge is 0.123 e. The molecule has 0 aliphatic rings. The van der Waals surface area contributed by atoms with Gasteiger partial charge in [-0.2, -0.15) is 0 Å². The van der Waals surface area contributed by atoms with Crippen molar-refractivity contribution in [1.29, 1.82) is 0 Å². The third kappa shape index (κ3) is 2.27. The standard InChI is InChI=1S/C16H14FN3/c17-13-5-1-3-11(9-13)16(20-18)15-6-2-4-12-10-19-8-7-14(12)15/h1-10,16,20H,18H2. The Morgan fingerprint density at radius 2 is 1.95 bits per heavy atom. The third-order valence-corrected chi connectivity index (χ3v) is 3.37. The Kier molecular flexibility index (Phi) is 3.41. The maximum absolute atomic E-state index is 13.4. The number of nitrogens with zero attached hydrogens (tertiary/aromatic N) is 1. The first-order chi connectivity index (χ1) is 9.79. The van der Waals surface area contributed by atoms with Crippen molar-refractivity contribution >= 4 is 10.8 Å². The molecule has 3 nitrogen and oxygen atoms in total. The Morgan fingerprint density at radius 1 is 1.10 bits per heavy atom. The van der Waals surface area contributed by atoms with Crippen LogP contribution in [0.2, 0.25) is 0 Å². The summed E-state index contributed by atoms with van der Waals surface area (Å²) in [4.78, 5) is 4.11. The second-order valence-corrected chi connectivity index (χ2v) is 4.60. The van der Waals surface area contributed by atoms with Crippen LogP contribution in [0.15, 0.2) is 60.9 Å². The van der Waals surface area contributed by atoms with Crippen LogP contribution in [0.3, 0.4) is 0 Å². The topological polar surface area (TPSA) is 50.9 Å². The fourth-order valence-corrected chi connectivity index (χ4v) is 2.45. The molecule has 1 aromatic heterocycles. The van der Waals surface area contributed by atoms with Gasteiger partial charge in [0, 0.05) is 17.8 Å². The molecule has 0 aliphatic carbocycles. The van der Waals surface area contributed by atoms with Gasteiger partial charge in [0.1, 0.15) is 5.82 Å². The Balaban J connectivity index is 2.17. The van der Waals surface area contributed by atoms with E-state index in [1.165, 1.54) is 12.1 Å². The van der Waals surface area contributed by atoms with E-state index in [0.29, 0.717) is 0 Å². The Labute approximate surface area is 116 Å². The fourth-order valence-electron chi connectivity index (χ4n) is 2.45. The van der Waals surface area contributed by atoms with Gasteiger partial charge in [-0.05, 0) is 34.7 Å². The molecule has 1 atom stereocenters. The Morgan fingerprint density at radius 3 is 2.75 bits per heavy atom. The number of fused-ring (bicyclic) bond motifs is 1. The van der Waals surface area contributed by atoms with Crippen LogP contribution in [0.1, 0.15) is 17.2 Å². The largest absolute Gasteiger partial charge is 0.271 e. The third-order valence-electron chi connectivity index (χ3n) is 3.37. The molecule has 3 aromatic rings. The van der Waals surface area contributed by atoms with E-state index in [9.17, 15) is 4.39 Å². The molecule has 0 bridgehead atoms. The van der Waals surface area contributed by atoms with Crippen LogP contribution >= 0.6 is 0 Å². The minimum atomic E-state index is -0.273. The Hall–Kier alpha value is -2.30. The number of benzene rings is 2. The minimum absolute atomic E-state index is 0.267. The molecule has 0 saturated heterocycles. The lowest BCUT2D eigenvalue weighted by atomic mass is 9.95. The molecule has 1 unspecified atom stereocenters. The first-order valence-corrected chi connectivity index (χ1v) is 6.34. The van der Waals surface area contributed by atoms with Gasteiger partial charge >= 0.3 is 0 Å². The number of nitrogens with one attached hydrogen (secondary N) is 1. The van der Waals surface area contributed by atoms with Gasteiger partial charge in [0.2, 0.25) is 0 Å². The molecule has 2 aromatic carbocycles. The predicted octanol–water partition coefficient (Wildman–Crippen LogP) is 2.93. The summed E-state index contributed by atoms with van der Waals surface area (Å²) in [6.45, 7) is 0. The molecule has 0 aliphatic heterocycles. The van der Waals surface area contributed by atoms with E-state index in [1.54, 1.807) is 18.5 Å². The number of nitrogens with two attached hydrogens (primary N) is 1. The van der Waals surface area contributed by atoms with Crippen molar-refractivity contribution < 1.29 is 4.39 Å². The zero-order valence-electron chi connectivity index (χ0n) is 10.8. The van der Waals surface area contributed by atoms with E-state index in [-0.39, 0.29) is 11.9 Å². The summed E-state index contributed by atoms with van der Waals surface area (Å²) in [5.74, 6) is 5.42. The van der Waals surface area contributed by atoms with Crippen LogP contribution < -0.4 is 11.3 Å². The number of hydrogen-bond donors (Lipinski definition) is 2. The van der Waals surface area contributed by atoms with Crippen molar-refractivity contribution in [2.45, 2.75) is 6.04 Å². The molecule has 0 fully saturated rings. The van der Waals surface area contributed by atoms with E-state index in [4.69, 9.17) is 5.84 Å². The summed E-state index contributed by atoms with van der Waals surface area (Å²) in [5.41, 5.74) is 4.55. The average molecular weight is 267 g/mol. The van der Waals surface area contributed by atoms with Gasteiger partial charge in [0.05, 0.1) is 6.04 Å².